The summed E-state index contributed by atoms with van der Waals surface area (Å²) in [4.78, 5) is 2.39. The van der Waals surface area contributed by atoms with Crippen molar-refractivity contribution in [1.29, 1.82) is 0 Å². The Morgan fingerprint density at radius 1 is 0.266 bits per heavy atom. The number of fused-ring (bicyclic) bond motifs is 7. The van der Waals surface area contributed by atoms with Gasteiger partial charge < -0.3 is 9.47 Å². The van der Waals surface area contributed by atoms with Crippen molar-refractivity contribution in [3.05, 3.63) is 338 Å². The average molecular weight is 1010 g/mol. The molecule has 15 rings (SSSR count). The fourth-order valence-electron chi connectivity index (χ4n) is 12.8. The topological polar surface area (TPSA) is 8.17 Å². The first kappa shape index (κ1) is 46.1. The fraction of sp³-hybridized carbons (Fsp3) is 0.0130. The lowest BCUT2D eigenvalue weighted by atomic mass is 9.67. The van der Waals surface area contributed by atoms with Gasteiger partial charge in [0, 0.05) is 33.5 Å². The van der Waals surface area contributed by atoms with Crippen LogP contribution in [0.2, 0.25) is 0 Å². The van der Waals surface area contributed by atoms with Gasteiger partial charge in [0.25, 0.3) is 0 Å². The lowest BCUT2D eigenvalue weighted by Crippen LogP contribution is -2.28. The first-order chi connectivity index (χ1) is 39.2. The van der Waals surface area contributed by atoms with Crippen LogP contribution in [0.5, 0.6) is 0 Å². The second kappa shape index (κ2) is 19.1. The number of hydrogen-bond donors (Lipinski definition) is 0. The van der Waals surface area contributed by atoms with Crippen LogP contribution in [-0.2, 0) is 5.41 Å². The Balaban J connectivity index is 0.820. The van der Waals surface area contributed by atoms with Gasteiger partial charge in [-0.3, -0.25) is 0 Å². The second-order valence-corrected chi connectivity index (χ2v) is 20.8. The van der Waals surface area contributed by atoms with Gasteiger partial charge in [0.15, 0.2) is 0 Å². The third kappa shape index (κ3) is 7.71. The molecule has 2 heteroatoms. The molecule has 0 radical (unpaired) electrons. The molecule has 0 saturated heterocycles. The number of para-hydroxylation sites is 2. The Kier molecular flexibility index (Phi) is 11.1. The number of anilines is 3. The van der Waals surface area contributed by atoms with Crippen molar-refractivity contribution in [2.45, 2.75) is 5.41 Å². The number of aromatic nitrogens is 1. The molecule has 1 heterocycles. The van der Waals surface area contributed by atoms with Crippen molar-refractivity contribution in [2.75, 3.05) is 4.90 Å². The van der Waals surface area contributed by atoms with Crippen LogP contribution in [0.25, 0.3) is 93.9 Å². The van der Waals surface area contributed by atoms with E-state index in [1.54, 1.807) is 0 Å². The molecule has 0 unspecified atom stereocenters. The summed E-state index contributed by atoms with van der Waals surface area (Å²) in [7, 11) is 0. The van der Waals surface area contributed by atoms with Crippen LogP contribution in [0.15, 0.2) is 315 Å². The van der Waals surface area contributed by atoms with E-state index in [1.165, 1.54) is 99.3 Å². The lowest BCUT2D eigenvalue weighted by Gasteiger charge is -2.34. The monoisotopic (exact) mass is 1000 g/mol. The number of nitrogens with zero attached hydrogens (tertiary/aromatic N) is 2. The molecule has 0 fully saturated rings. The smallest absolute Gasteiger partial charge is 0.0713 e. The number of rotatable bonds is 10. The molecule has 370 valence electrons. The molecular weight excluding hydrogens is 953 g/mol. The summed E-state index contributed by atoms with van der Waals surface area (Å²) in [5, 5.41) is 5.01. The van der Waals surface area contributed by atoms with Gasteiger partial charge in [0.2, 0.25) is 0 Å². The normalized spacial score (nSPS) is 12.4. The van der Waals surface area contributed by atoms with Gasteiger partial charge in [-0.25, -0.2) is 0 Å². The Morgan fingerprint density at radius 2 is 0.709 bits per heavy atom. The van der Waals surface area contributed by atoms with Crippen LogP contribution in [0.3, 0.4) is 0 Å². The van der Waals surface area contributed by atoms with Gasteiger partial charge in [-0.2, -0.15) is 0 Å². The summed E-state index contributed by atoms with van der Waals surface area (Å²) in [5.41, 5.74) is 23.5. The predicted octanol–water partition coefficient (Wildman–Crippen LogP) is 20.4. The first-order valence-electron chi connectivity index (χ1n) is 27.3. The van der Waals surface area contributed by atoms with Crippen molar-refractivity contribution in [2.24, 2.45) is 0 Å². The van der Waals surface area contributed by atoms with Gasteiger partial charge in [0.1, 0.15) is 0 Å². The molecule has 0 bridgehead atoms. The van der Waals surface area contributed by atoms with E-state index >= 15 is 0 Å². The summed E-state index contributed by atoms with van der Waals surface area (Å²) in [6, 6.07) is 116. The molecular formula is C77H52N2. The summed E-state index contributed by atoms with van der Waals surface area (Å²) >= 11 is 0. The molecule has 2 nitrogen and oxygen atoms in total. The van der Waals surface area contributed by atoms with E-state index in [2.05, 4.69) is 325 Å². The number of hydrogen-bond acceptors (Lipinski definition) is 1. The SMILES string of the molecule is c1ccc(C2(c3ccccc3)c3ccccc3-c3c(-c4ccc(N(c5ccc(-c6cccc(-c7ccc8ccccc8c7)c6)cc5)c5ccc(-c6cccc(-n7c8ccccc8c8ccccc87)c6)cc5)cc4)cccc32)cc1. The maximum Gasteiger partial charge on any atom is 0.0713 e. The van der Waals surface area contributed by atoms with Crippen molar-refractivity contribution in [3.63, 3.8) is 0 Å². The maximum absolute atomic E-state index is 2.39. The molecule has 1 aliphatic carbocycles. The molecule has 0 atom stereocenters. The minimum Gasteiger partial charge on any atom is -0.311 e. The van der Waals surface area contributed by atoms with Gasteiger partial charge in [0.05, 0.1) is 16.4 Å². The standard InChI is InChI=1S/C77H52N2/c1-3-23-62(24-4-1)77(63-25-5-2-6-26-63)72-32-12-9-30-71(72)76-68(31-17-33-73(76)77)56-42-48-66(49-43-56)78(64-44-38-54(39-45-64)58-20-15-21-59(50-58)61-37-36-53-18-7-8-19-57(53)51-61)65-46-40-55(41-47-65)60-22-16-27-67(52-60)79-74-34-13-10-28-69(74)70-29-11-14-35-75(70)79/h1-52H. The maximum atomic E-state index is 2.39. The van der Waals surface area contributed by atoms with E-state index in [9.17, 15) is 0 Å². The van der Waals surface area contributed by atoms with Crippen molar-refractivity contribution in [3.8, 4) is 61.3 Å². The molecule has 0 aliphatic heterocycles. The molecule has 1 aromatic heterocycles. The third-order valence-corrected chi connectivity index (χ3v) is 16.5. The molecule has 14 aromatic rings. The van der Waals surface area contributed by atoms with Crippen LogP contribution in [0, 0.1) is 0 Å². The first-order valence-corrected chi connectivity index (χ1v) is 27.3. The minimum atomic E-state index is -0.469. The van der Waals surface area contributed by atoms with E-state index < -0.39 is 5.41 Å². The van der Waals surface area contributed by atoms with E-state index in [0.29, 0.717) is 0 Å². The lowest BCUT2D eigenvalue weighted by molar-refractivity contribution is 0.768. The van der Waals surface area contributed by atoms with Crippen molar-refractivity contribution >= 4 is 49.6 Å². The molecule has 79 heavy (non-hydrogen) atoms. The highest BCUT2D eigenvalue weighted by molar-refractivity contribution is 6.09. The minimum absolute atomic E-state index is 0.469. The van der Waals surface area contributed by atoms with Crippen LogP contribution in [0.4, 0.5) is 17.1 Å². The predicted molar refractivity (Wildman–Crippen MR) is 332 cm³/mol. The van der Waals surface area contributed by atoms with Crippen LogP contribution < -0.4 is 4.90 Å². The van der Waals surface area contributed by atoms with E-state index in [0.717, 1.165) is 33.9 Å². The fourth-order valence-corrected chi connectivity index (χ4v) is 12.8. The highest BCUT2D eigenvalue weighted by Crippen LogP contribution is 2.58. The summed E-state index contributed by atoms with van der Waals surface area (Å²) in [5.74, 6) is 0. The number of benzene rings is 13. The van der Waals surface area contributed by atoms with E-state index in [4.69, 9.17) is 0 Å². The third-order valence-electron chi connectivity index (χ3n) is 16.5. The Bertz CT molecular complexity index is 4480. The molecule has 13 aromatic carbocycles. The Hall–Kier alpha value is -10.3. The summed E-state index contributed by atoms with van der Waals surface area (Å²) in [6.07, 6.45) is 0. The zero-order valence-corrected chi connectivity index (χ0v) is 43.4. The van der Waals surface area contributed by atoms with Crippen molar-refractivity contribution < 1.29 is 0 Å². The molecule has 0 N–H and O–H groups in total. The van der Waals surface area contributed by atoms with Crippen LogP contribution in [0.1, 0.15) is 22.3 Å². The summed E-state index contributed by atoms with van der Waals surface area (Å²) in [6.45, 7) is 0. The largest absolute Gasteiger partial charge is 0.311 e. The zero-order valence-electron chi connectivity index (χ0n) is 43.4. The van der Waals surface area contributed by atoms with E-state index in [1.807, 2.05) is 0 Å². The van der Waals surface area contributed by atoms with Gasteiger partial charge in [-0.1, -0.05) is 243 Å². The van der Waals surface area contributed by atoms with Gasteiger partial charge in [-0.15, -0.1) is 0 Å². The van der Waals surface area contributed by atoms with Crippen LogP contribution >= 0.6 is 0 Å². The quantitative estimate of drug-likeness (QED) is 0.133. The Labute approximate surface area is 461 Å². The molecule has 0 saturated carbocycles. The molecule has 0 amide bonds. The van der Waals surface area contributed by atoms with Crippen molar-refractivity contribution in [1.82, 2.24) is 4.57 Å². The molecule has 0 spiro atoms. The molecule has 1 aliphatic rings. The average Bonchev–Trinajstić information content (AvgIpc) is 4.26. The zero-order chi connectivity index (χ0) is 52.3. The van der Waals surface area contributed by atoms with Gasteiger partial charge in [-0.05, 0) is 161 Å². The highest BCUT2D eigenvalue weighted by atomic mass is 15.1. The summed E-state index contributed by atoms with van der Waals surface area (Å²) < 4.78 is 2.39. The van der Waals surface area contributed by atoms with Crippen LogP contribution in [-0.4, -0.2) is 4.57 Å². The Morgan fingerprint density at radius 3 is 1.34 bits per heavy atom. The second-order valence-electron chi connectivity index (χ2n) is 20.8. The van der Waals surface area contributed by atoms with E-state index in [-0.39, 0.29) is 0 Å². The van der Waals surface area contributed by atoms with Gasteiger partial charge >= 0.3 is 0 Å². The highest BCUT2D eigenvalue weighted by Gasteiger charge is 2.46.